The second kappa shape index (κ2) is 10.6. The van der Waals surface area contributed by atoms with Crippen molar-refractivity contribution in [2.24, 2.45) is 10.9 Å². The number of guanidine groups is 1. The van der Waals surface area contributed by atoms with Crippen molar-refractivity contribution in [3.8, 4) is 0 Å². The molecule has 6 heteroatoms. The number of hydrogen-bond acceptors (Lipinski definition) is 3. The lowest BCUT2D eigenvalue weighted by Crippen LogP contribution is -2.43. The summed E-state index contributed by atoms with van der Waals surface area (Å²) in [6, 6.07) is 2.63. The minimum Gasteiger partial charge on any atom is -0.357 e. The fourth-order valence-corrected chi connectivity index (χ4v) is 3.49. The van der Waals surface area contributed by atoms with E-state index in [1.807, 2.05) is 6.92 Å². The molecule has 0 aromatic carbocycles. The summed E-state index contributed by atoms with van der Waals surface area (Å²) >= 11 is 0. The van der Waals surface area contributed by atoms with E-state index in [-0.39, 0.29) is 0 Å². The van der Waals surface area contributed by atoms with Gasteiger partial charge in [-0.1, -0.05) is 6.92 Å². The van der Waals surface area contributed by atoms with Gasteiger partial charge in [0.25, 0.3) is 0 Å². The minimum absolute atomic E-state index is 0.507. The van der Waals surface area contributed by atoms with Crippen LogP contribution in [0.5, 0.6) is 0 Å². The predicted octanol–water partition coefficient (Wildman–Crippen LogP) is 2.57. The summed E-state index contributed by atoms with van der Waals surface area (Å²) in [5.41, 5.74) is 2.32. The molecule has 1 saturated heterocycles. The average molecular weight is 363 g/mol. The Morgan fingerprint density at radius 3 is 2.65 bits per heavy atom. The number of aryl methyl sites for hydroxylation is 3. The van der Waals surface area contributed by atoms with Crippen molar-refractivity contribution in [2.75, 3.05) is 32.7 Å². The van der Waals surface area contributed by atoms with Gasteiger partial charge in [-0.2, -0.15) is 5.10 Å². The zero-order valence-corrected chi connectivity index (χ0v) is 17.4. The first-order valence-corrected chi connectivity index (χ1v) is 10.3. The van der Waals surface area contributed by atoms with Crippen LogP contribution in [0.3, 0.4) is 0 Å². The maximum atomic E-state index is 4.80. The molecular formula is C20H38N6. The summed E-state index contributed by atoms with van der Waals surface area (Å²) in [5.74, 6) is 1.81. The van der Waals surface area contributed by atoms with Crippen LogP contribution in [0.1, 0.15) is 51.4 Å². The van der Waals surface area contributed by atoms with E-state index in [9.17, 15) is 0 Å². The van der Waals surface area contributed by atoms with Crippen molar-refractivity contribution in [3.05, 3.63) is 17.5 Å². The lowest BCUT2D eigenvalue weighted by atomic mass is 9.98. The molecule has 2 rings (SSSR count). The molecule has 1 aromatic heterocycles. The number of aliphatic imine (C=N–C) groups is 1. The van der Waals surface area contributed by atoms with Crippen LogP contribution in [0.4, 0.5) is 0 Å². The molecule has 26 heavy (non-hydrogen) atoms. The lowest BCUT2D eigenvalue weighted by molar-refractivity contribution is 0.150. The van der Waals surface area contributed by atoms with E-state index in [0.29, 0.717) is 6.04 Å². The fraction of sp³-hybridized carbons (Fsp3) is 0.800. The third-order valence-corrected chi connectivity index (χ3v) is 5.24. The summed E-state index contributed by atoms with van der Waals surface area (Å²) in [7, 11) is 0. The minimum atomic E-state index is 0.507. The van der Waals surface area contributed by atoms with E-state index in [4.69, 9.17) is 4.99 Å². The summed E-state index contributed by atoms with van der Waals surface area (Å²) < 4.78 is 2.08. The molecule has 0 amide bonds. The van der Waals surface area contributed by atoms with Crippen molar-refractivity contribution in [1.82, 2.24) is 25.3 Å². The van der Waals surface area contributed by atoms with Gasteiger partial charge in [-0.05, 0) is 72.0 Å². The second-order valence-corrected chi connectivity index (χ2v) is 7.72. The Morgan fingerprint density at radius 2 is 2.04 bits per heavy atom. The van der Waals surface area contributed by atoms with Crippen molar-refractivity contribution in [1.29, 1.82) is 0 Å². The summed E-state index contributed by atoms with van der Waals surface area (Å²) in [5, 5.41) is 11.3. The zero-order chi connectivity index (χ0) is 18.9. The molecule has 2 heterocycles. The third kappa shape index (κ3) is 6.63. The SMILES string of the molecule is CCNC(=NCC(C)N1CCC(C)CC1)NCCCn1nc(C)cc1C. The molecule has 1 aliphatic rings. The molecule has 1 aliphatic heterocycles. The Hall–Kier alpha value is -1.56. The van der Waals surface area contributed by atoms with Crippen LogP contribution >= 0.6 is 0 Å². The van der Waals surface area contributed by atoms with Gasteiger partial charge < -0.3 is 10.6 Å². The van der Waals surface area contributed by atoms with E-state index in [1.165, 1.54) is 31.6 Å². The third-order valence-electron chi connectivity index (χ3n) is 5.24. The molecule has 0 saturated carbocycles. The van der Waals surface area contributed by atoms with Crippen molar-refractivity contribution < 1.29 is 0 Å². The van der Waals surface area contributed by atoms with Crippen LogP contribution in [-0.4, -0.2) is 59.4 Å². The Bertz CT molecular complexity index is 557. The van der Waals surface area contributed by atoms with Gasteiger partial charge >= 0.3 is 0 Å². The average Bonchev–Trinajstić information content (AvgIpc) is 2.94. The van der Waals surface area contributed by atoms with Gasteiger partial charge in [0.1, 0.15) is 0 Å². The monoisotopic (exact) mass is 362 g/mol. The van der Waals surface area contributed by atoms with E-state index in [2.05, 4.69) is 59.1 Å². The molecule has 148 valence electrons. The number of rotatable bonds is 8. The molecule has 0 bridgehead atoms. The molecule has 0 aliphatic carbocycles. The van der Waals surface area contributed by atoms with Crippen LogP contribution in [0.15, 0.2) is 11.1 Å². The highest BCUT2D eigenvalue weighted by molar-refractivity contribution is 5.79. The van der Waals surface area contributed by atoms with Gasteiger partial charge in [-0.25, -0.2) is 0 Å². The van der Waals surface area contributed by atoms with Gasteiger partial charge in [0.2, 0.25) is 0 Å². The van der Waals surface area contributed by atoms with Gasteiger partial charge in [0.05, 0.1) is 12.2 Å². The first kappa shape index (κ1) is 20.7. The van der Waals surface area contributed by atoms with Gasteiger partial charge in [0.15, 0.2) is 5.96 Å². The number of aromatic nitrogens is 2. The first-order valence-electron chi connectivity index (χ1n) is 10.3. The normalized spacial score (nSPS) is 18.1. The van der Waals surface area contributed by atoms with E-state index >= 15 is 0 Å². The summed E-state index contributed by atoms with van der Waals surface area (Å²) in [6.07, 6.45) is 3.67. The van der Waals surface area contributed by atoms with Crippen LogP contribution in [0, 0.1) is 19.8 Å². The highest BCUT2D eigenvalue weighted by Gasteiger charge is 2.19. The molecule has 2 N–H and O–H groups in total. The fourth-order valence-electron chi connectivity index (χ4n) is 3.49. The largest absolute Gasteiger partial charge is 0.357 e. The number of hydrogen-bond donors (Lipinski definition) is 2. The van der Waals surface area contributed by atoms with Crippen LogP contribution in [-0.2, 0) is 6.54 Å². The number of nitrogens with one attached hydrogen (secondary N) is 2. The lowest BCUT2D eigenvalue weighted by Gasteiger charge is -2.34. The Labute approximate surface area is 159 Å². The molecule has 1 atom stereocenters. The van der Waals surface area contributed by atoms with E-state index in [1.54, 1.807) is 0 Å². The van der Waals surface area contributed by atoms with Gasteiger partial charge in [-0.3, -0.25) is 14.6 Å². The highest BCUT2D eigenvalue weighted by atomic mass is 15.3. The van der Waals surface area contributed by atoms with Crippen molar-refractivity contribution in [3.63, 3.8) is 0 Å². The Kier molecular flexibility index (Phi) is 8.42. The topological polar surface area (TPSA) is 57.5 Å². The molecule has 1 unspecified atom stereocenters. The van der Waals surface area contributed by atoms with Crippen molar-refractivity contribution in [2.45, 2.75) is 66.5 Å². The standard InChI is InChI=1S/C20H38N6/c1-6-21-20(22-10-7-11-26-18(4)14-17(3)24-26)23-15-19(5)25-12-8-16(2)9-13-25/h14,16,19H,6-13,15H2,1-5H3,(H2,21,22,23). The summed E-state index contributed by atoms with van der Waals surface area (Å²) in [4.78, 5) is 7.38. The van der Waals surface area contributed by atoms with Crippen molar-refractivity contribution >= 4 is 5.96 Å². The highest BCUT2D eigenvalue weighted by Crippen LogP contribution is 2.17. The van der Waals surface area contributed by atoms with Crippen LogP contribution in [0.25, 0.3) is 0 Å². The van der Waals surface area contributed by atoms with E-state index < -0.39 is 0 Å². The molecule has 0 radical (unpaired) electrons. The molecule has 1 aromatic rings. The maximum Gasteiger partial charge on any atom is 0.191 e. The molecule has 1 fully saturated rings. The Morgan fingerprint density at radius 1 is 1.31 bits per heavy atom. The van der Waals surface area contributed by atoms with Gasteiger partial charge in [-0.15, -0.1) is 0 Å². The Balaban J connectivity index is 1.74. The van der Waals surface area contributed by atoms with Crippen LogP contribution < -0.4 is 10.6 Å². The second-order valence-electron chi connectivity index (χ2n) is 7.72. The first-order chi connectivity index (χ1) is 12.5. The van der Waals surface area contributed by atoms with Gasteiger partial charge in [0, 0.05) is 31.4 Å². The molecular weight excluding hydrogens is 324 g/mol. The van der Waals surface area contributed by atoms with E-state index in [0.717, 1.165) is 50.2 Å². The summed E-state index contributed by atoms with van der Waals surface area (Å²) in [6.45, 7) is 16.9. The molecule has 6 nitrogen and oxygen atoms in total. The number of piperidine rings is 1. The quantitative estimate of drug-likeness (QED) is 0.424. The maximum absolute atomic E-state index is 4.80. The zero-order valence-electron chi connectivity index (χ0n) is 17.4. The predicted molar refractivity (Wildman–Crippen MR) is 110 cm³/mol. The van der Waals surface area contributed by atoms with Crippen LogP contribution in [0.2, 0.25) is 0 Å². The smallest absolute Gasteiger partial charge is 0.191 e. The number of likely N-dealkylation sites (tertiary alicyclic amines) is 1. The molecule has 0 spiro atoms. The number of nitrogens with zero attached hydrogens (tertiary/aromatic N) is 4.